The highest BCUT2D eigenvalue weighted by atomic mass is 35.5. The lowest BCUT2D eigenvalue weighted by Crippen LogP contribution is -2.24. The zero-order valence-electron chi connectivity index (χ0n) is 11.1. The van der Waals surface area contributed by atoms with Crippen LogP contribution in [-0.2, 0) is 0 Å². The predicted molar refractivity (Wildman–Crippen MR) is 92.4 cm³/mol. The monoisotopic (exact) mass is 338 g/mol. The summed E-state index contributed by atoms with van der Waals surface area (Å²) in [4.78, 5) is 4.29. The second-order valence-corrected chi connectivity index (χ2v) is 5.40. The molecule has 2 rings (SSSR count). The third-order valence-electron chi connectivity index (χ3n) is 2.45. The minimum Gasteiger partial charge on any atom is -0.330 e. The number of halogens is 2. The topological polar surface area (TPSA) is 49.3 Å². The molecule has 7 heteroatoms. The molecule has 0 amide bonds. The zero-order valence-corrected chi connectivity index (χ0v) is 13.4. The van der Waals surface area contributed by atoms with E-state index in [4.69, 9.17) is 35.4 Å². The fraction of sp³-hybridized carbons (Fsp3) is 0.0714. The first-order valence-corrected chi connectivity index (χ1v) is 7.20. The van der Waals surface area contributed by atoms with E-state index in [0.29, 0.717) is 20.8 Å². The molecule has 0 aliphatic heterocycles. The molecule has 1 heterocycles. The van der Waals surface area contributed by atoms with Crippen molar-refractivity contribution in [1.29, 1.82) is 0 Å². The number of aromatic nitrogens is 1. The summed E-state index contributed by atoms with van der Waals surface area (Å²) in [7, 11) is 0. The van der Waals surface area contributed by atoms with Gasteiger partial charge in [0.2, 0.25) is 0 Å². The molecule has 0 bridgehead atoms. The number of nitrogens with zero attached hydrogens (tertiary/aromatic N) is 2. The Bertz CT molecular complexity index is 688. The molecule has 0 saturated carbocycles. The lowest BCUT2D eigenvalue weighted by Gasteiger charge is -2.08. The third kappa shape index (κ3) is 4.97. The Hall–Kier alpha value is -1.69. The molecule has 108 valence electrons. The lowest BCUT2D eigenvalue weighted by molar-refractivity contribution is 1.04. The number of hydrogen-bond acceptors (Lipinski definition) is 3. The van der Waals surface area contributed by atoms with Crippen LogP contribution in [0.4, 0.5) is 5.69 Å². The molecule has 0 spiro atoms. The van der Waals surface area contributed by atoms with Crippen molar-refractivity contribution in [1.82, 2.24) is 10.4 Å². The SMILES string of the molecule is Cc1cccc(C=NNC(=S)Nc2ccc(Cl)cc2Cl)n1. The average Bonchev–Trinajstić information content (AvgIpc) is 2.42. The summed E-state index contributed by atoms with van der Waals surface area (Å²) in [5.74, 6) is 0. The smallest absolute Gasteiger partial charge is 0.191 e. The van der Waals surface area contributed by atoms with Crippen LogP contribution in [0.2, 0.25) is 10.0 Å². The molecule has 0 fully saturated rings. The molecule has 1 aromatic heterocycles. The van der Waals surface area contributed by atoms with Crippen LogP contribution >= 0.6 is 35.4 Å². The van der Waals surface area contributed by atoms with Crippen LogP contribution in [0, 0.1) is 6.92 Å². The largest absolute Gasteiger partial charge is 0.330 e. The van der Waals surface area contributed by atoms with Crippen molar-refractivity contribution in [2.75, 3.05) is 5.32 Å². The van der Waals surface area contributed by atoms with E-state index in [1.807, 2.05) is 25.1 Å². The molecule has 0 aliphatic carbocycles. The van der Waals surface area contributed by atoms with Gasteiger partial charge in [-0.2, -0.15) is 5.10 Å². The van der Waals surface area contributed by atoms with E-state index < -0.39 is 0 Å². The number of nitrogens with one attached hydrogen (secondary N) is 2. The van der Waals surface area contributed by atoms with E-state index in [-0.39, 0.29) is 0 Å². The van der Waals surface area contributed by atoms with E-state index in [9.17, 15) is 0 Å². The predicted octanol–water partition coefficient (Wildman–Crippen LogP) is 4.02. The normalized spacial score (nSPS) is 10.6. The Morgan fingerprint density at radius 2 is 2.10 bits per heavy atom. The van der Waals surface area contributed by atoms with Crippen LogP contribution in [0.5, 0.6) is 0 Å². The van der Waals surface area contributed by atoms with Gasteiger partial charge in [-0.1, -0.05) is 29.3 Å². The second kappa shape index (κ2) is 7.36. The zero-order chi connectivity index (χ0) is 15.2. The van der Waals surface area contributed by atoms with Crippen molar-refractivity contribution in [3.8, 4) is 0 Å². The minimum atomic E-state index is 0.322. The van der Waals surface area contributed by atoms with Crippen LogP contribution in [0.3, 0.4) is 0 Å². The van der Waals surface area contributed by atoms with Gasteiger partial charge in [-0.05, 0) is 49.5 Å². The maximum atomic E-state index is 6.04. The minimum absolute atomic E-state index is 0.322. The van der Waals surface area contributed by atoms with Crippen molar-refractivity contribution >= 4 is 52.4 Å². The van der Waals surface area contributed by atoms with E-state index in [1.165, 1.54) is 0 Å². The molecular weight excluding hydrogens is 327 g/mol. The van der Waals surface area contributed by atoms with Gasteiger partial charge in [-0.3, -0.25) is 10.4 Å². The van der Waals surface area contributed by atoms with Gasteiger partial charge in [0.25, 0.3) is 0 Å². The second-order valence-electron chi connectivity index (χ2n) is 4.15. The molecule has 4 nitrogen and oxygen atoms in total. The molecule has 2 aromatic rings. The number of hydrazone groups is 1. The van der Waals surface area contributed by atoms with Gasteiger partial charge in [0.1, 0.15) is 0 Å². The highest BCUT2D eigenvalue weighted by molar-refractivity contribution is 7.80. The molecule has 0 unspecified atom stereocenters. The van der Waals surface area contributed by atoms with Crippen LogP contribution in [0.25, 0.3) is 0 Å². The third-order valence-corrected chi connectivity index (χ3v) is 3.19. The summed E-state index contributed by atoms with van der Waals surface area (Å²) in [6, 6.07) is 10.8. The number of benzene rings is 1. The molecule has 21 heavy (non-hydrogen) atoms. The number of pyridine rings is 1. The number of rotatable bonds is 3. The standard InChI is InChI=1S/C14H12Cl2N4S/c1-9-3-2-4-11(18-9)8-17-20-14(21)19-13-6-5-10(15)7-12(13)16/h2-8H,1H3,(H2,19,20,21). The van der Waals surface area contributed by atoms with Gasteiger partial charge in [0.15, 0.2) is 5.11 Å². The highest BCUT2D eigenvalue weighted by Crippen LogP contribution is 2.25. The van der Waals surface area contributed by atoms with E-state index in [1.54, 1.807) is 24.4 Å². The summed E-state index contributed by atoms with van der Waals surface area (Å²) < 4.78 is 0. The number of thiocarbonyl (C=S) groups is 1. The van der Waals surface area contributed by atoms with E-state index >= 15 is 0 Å². The molecule has 0 saturated heterocycles. The van der Waals surface area contributed by atoms with Crippen molar-refractivity contribution < 1.29 is 0 Å². The summed E-state index contributed by atoms with van der Waals surface area (Å²) >= 11 is 17.0. The summed E-state index contributed by atoms with van der Waals surface area (Å²) in [6.45, 7) is 1.92. The van der Waals surface area contributed by atoms with Crippen molar-refractivity contribution in [3.05, 3.63) is 57.8 Å². The average molecular weight is 339 g/mol. The Balaban J connectivity index is 1.93. The Kier molecular flexibility index (Phi) is 5.50. The fourth-order valence-corrected chi connectivity index (χ4v) is 2.15. The quantitative estimate of drug-likeness (QED) is 0.504. The van der Waals surface area contributed by atoms with Crippen molar-refractivity contribution in [2.24, 2.45) is 5.10 Å². The molecule has 2 N–H and O–H groups in total. The van der Waals surface area contributed by atoms with Crippen molar-refractivity contribution in [2.45, 2.75) is 6.92 Å². The van der Waals surface area contributed by atoms with Gasteiger partial charge < -0.3 is 5.32 Å². The number of hydrogen-bond donors (Lipinski definition) is 2. The van der Waals surface area contributed by atoms with E-state index in [0.717, 1.165) is 11.4 Å². The maximum absolute atomic E-state index is 6.04. The van der Waals surface area contributed by atoms with E-state index in [2.05, 4.69) is 20.8 Å². The van der Waals surface area contributed by atoms with Gasteiger partial charge in [0.05, 0.1) is 22.6 Å². The molecular formula is C14H12Cl2N4S. The Morgan fingerprint density at radius 1 is 1.29 bits per heavy atom. The van der Waals surface area contributed by atoms with Crippen LogP contribution in [-0.4, -0.2) is 16.3 Å². The number of aryl methyl sites for hydroxylation is 1. The van der Waals surface area contributed by atoms with Crippen LogP contribution < -0.4 is 10.7 Å². The summed E-state index contributed by atoms with van der Waals surface area (Å²) in [5, 5.41) is 8.31. The maximum Gasteiger partial charge on any atom is 0.191 e. The molecule has 0 atom stereocenters. The fourth-order valence-electron chi connectivity index (χ4n) is 1.53. The highest BCUT2D eigenvalue weighted by Gasteiger charge is 2.02. The van der Waals surface area contributed by atoms with Gasteiger partial charge >= 0.3 is 0 Å². The van der Waals surface area contributed by atoms with Crippen molar-refractivity contribution in [3.63, 3.8) is 0 Å². The lowest BCUT2D eigenvalue weighted by atomic mass is 10.3. The summed E-state index contributed by atoms with van der Waals surface area (Å²) in [6.07, 6.45) is 1.59. The Morgan fingerprint density at radius 3 is 2.81 bits per heavy atom. The molecule has 0 radical (unpaired) electrons. The molecule has 1 aromatic carbocycles. The summed E-state index contributed by atoms with van der Waals surface area (Å²) in [5.41, 5.74) is 5.02. The molecule has 0 aliphatic rings. The first-order valence-electron chi connectivity index (χ1n) is 6.03. The Labute approximate surface area is 138 Å². The van der Waals surface area contributed by atoms with Gasteiger partial charge in [-0.25, -0.2) is 0 Å². The van der Waals surface area contributed by atoms with Gasteiger partial charge in [-0.15, -0.1) is 0 Å². The first kappa shape index (κ1) is 15.7. The van der Waals surface area contributed by atoms with Crippen LogP contribution in [0.15, 0.2) is 41.5 Å². The van der Waals surface area contributed by atoms with Crippen LogP contribution in [0.1, 0.15) is 11.4 Å². The van der Waals surface area contributed by atoms with Gasteiger partial charge in [0, 0.05) is 10.7 Å². The first-order chi connectivity index (χ1) is 10.0. The number of anilines is 1.